The number of hydrogen-bond donors (Lipinski definition) is 1. The van der Waals surface area contributed by atoms with E-state index in [-0.39, 0.29) is 37.6 Å². The summed E-state index contributed by atoms with van der Waals surface area (Å²) in [6, 6.07) is 12.3. The minimum absolute atomic E-state index is 0. The van der Waals surface area contributed by atoms with Crippen molar-refractivity contribution in [3.63, 3.8) is 0 Å². The molecule has 1 heterocycles. The first kappa shape index (κ1) is 24.2. The standard InChI is InChI=1S/C21H19ClN4O4.ClH/c1-12(2)29-18-6-4-14(8-15(18)9-23)21-25-20(26-30-21)16-5-3-13(7-17(16)22)11-28-19(27)10-24;/h3-8,12H,10-11,24H2,1-2H3;1H. The van der Waals surface area contributed by atoms with Crippen molar-refractivity contribution >= 4 is 30.0 Å². The quantitative estimate of drug-likeness (QED) is 0.519. The van der Waals surface area contributed by atoms with Gasteiger partial charge in [-0.3, -0.25) is 4.79 Å². The van der Waals surface area contributed by atoms with Gasteiger partial charge in [0, 0.05) is 11.1 Å². The third-order valence-corrected chi connectivity index (χ3v) is 4.29. The molecule has 1 aromatic heterocycles. The molecule has 0 saturated carbocycles. The fourth-order valence-corrected chi connectivity index (χ4v) is 2.90. The van der Waals surface area contributed by atoms with Crippen molar-refractivity contribution in [1.29, 1.82) is 5.26 Å². The van der Waals surface area contributed by atoms with Crippen LogP contribution in [-0.2, 0) is 16.1 Å². The van der Waals surface area contributed by atoms with Gasteiger partial charge in [0.15, 0.2) is 0 Å². The largest absolute Gasteiger partial charge is 0.490 e. The predicted octanol–water partition coefficient (Wildman–Crippen LogP) is 4.14. The minimum Gasteiger partial charge on any atom is -0.490 e. The molecule has 0 aliphatic rings. The highest BCUT2D eigenvalue weighted by Crippen LogP contribution is 2.31. The second kappa shape index (κ2) is 10.8. The lowest BCUT2D eigenvalue weighted by Crippen LogP contribution is -2.16. The minimum atomic E-state index is -0.500. The molecule has 0 radical (unpaired) electrons. The number of aromatic nitrogens is 2. The van der Waals surface area contributed by atoms with Crippen LogP contribution in [0.4, 0.5) is 0 Å². The van der Waals surface area contributed by atoms with E-state index in [1.807, 2.05) is 13.8 Å². The number of hydrogen-bond acceptors (Lipinski definition) is 8. The van der Waals surface area contributed by atoms with E-state index in [1.54, 1.807) is 36.4 Å². The third kappa shape index (κ3) is 5.95. The zero-order chi connectivity index (χ0) is 21.7. The lowest BCUT2D eigenvalue weighted by Gasteiger charge is -2.11. The molecule has 0 aliphatic heterocycles. The van der Waals surface area contributed by atoms with E-state index >= 15 is 0 Å². The van der Waals surface area contributed by atoms with Gasteiger partial charge in [0.2, 0.25) is 5.82 Å². The van der Waals surface area contributed by atoms with Crippen molar-refractivity contribution in [2.45, 2.75) is 26.6 Å². The lowest BCUT2D eigenvalue weighted by molar-refractivity contribution is -0.143. The van der Waals surface area contributed by atoms with Crippen LogP contribution in [0.2, 0.25) is 5.02 Å². The molecule has 0 spiro atoms. The van der Waals surface area contributed by atoms with Crippen LogP contribution < -0.4 is 10.5 Å². The van der Waals surface area contributed by atoms with Gasteiger partial charge in [0.05, 0.1) is 23.2 Å². The van der Waals surface area contributed by atoms with E-state index in [0.717, 1.165) is 0 Å². The Kier molecular flexibility index (Phi) is 8.39. The molecule has 0 fully saturated rings. The predicted molar refractivity (Wildman–Crippen MR) is 117 cm³/mol. The average Bonchev–Trinajstić information content (AvgIpc) is 3.21. The van der Waals surface area contributed by atoms with Gasteiger partial charge in [0.1, 0.15) is 18.4 Å². The molecule has 0 saturated heterocycles. The summed E-state index contributed by atoms with van der Waals surface area (Å²) in [7, 11) is 0. The zero-order valence-electron chi connectivity index (χ0n) is 16.8. The van der Waals surface area contributed by atoms with E-state index in [4.69, 9.17) is 31.3 Å². The van der Waals surface area contributed by atoms with Crippen LogP contribution in [0, 0.1) is 11.3 Å². The molecule has 2 N–H and O–H groups in total. The number of carbonyl (C=O) groups excluding carboxylic acids is 1. The summed E-state index contributed by atoms with van der Waals surface area (Å²) in [5.74, 6) is 0.528. The van der Waals surface area contributed by atoms with Crippen LogP contribution in [0.15, 0.2) is 40.9 Å². The molecular formula is C21H20Cl2N4O4. The van der Waals surface area contributed by atoms with Gasteiger partial charge in [-0.05, 0) is 49.7 Å². The number of nitrogens with zero attached hydrogens (tertiary/aromatic N) is 3. The molecule has 3 rings (SSSR count). The Morgan fingerprint density at radius 3 is 2.71 bits per heavy atom. The van der Waals surface area contributed by atoms with Gasteiger partial charge >= 0.3 is 5.97 Å². The molecule has 0 atom stereocenters. The summed E-state index contributed by atoms with van der Waals surface area (Å²) in [6.45, 7) is 3.65. The Hall–Kier alpha value is -3.12. The van der Waals surface area contributed by atoms with Crippen LogP contribution in [0.25, 0.3) is 22.8 Å². The number of benzene rings is 2. The fourth-order valence-electron chi connectivity index (χ4n) is 2.61. The SMILES string of the molecule is CC(C)Oc1ccc(-c2nc(-c3ccc(COC(=O)CN)cc3Cl)no2)cc1C#N.Cl. The number of nitriles is 1. The second-order valence-corrected chi connectivity index (χ2v) is 7.00. The summed E-state index contributed by atoms with van der Waals surface area (Å²) < 4.78 is 16.0. The summed E-state index contributed by atoms with van der Waals surface area (Å²) in [6.07, 6.45) is -0.0538. The van der Waals surface area contributed by atoms with Crippen LogP contribution in [0.1, 0.15) is 25.0 Å². The average molecular weight is 463 g/mol. The van der Waals surface area contributed by atoms with Crippen molar-refractivity contribution in [1.82, 2.24) is 10.1 Å². The molecule has 8 nitrogen and oxygen atoms in total. The summed E-state index contributed by atoms with van der Waals surface area (Å²) in [5.41, 5.74) is 7.43. The van der Waals surface area contributed by atoms with E-state index in [0.29, 0.717) is 38.9 Å². The van der Waals surface area contributed by atoms with E-state index in [1.165, 1.54) is 0 Å². The van der Waals surface area contributed by atoms with Crippen LogP contribution in [0.3, 0.4) is 0 Å². The Morgan fingerprint density at radius 2 is 2.06 bits per heavy atom. The van der Waals surface area contributed by atoms with Gasteiger partial charge in [-0.1, -0.05) is 22.8 Å². The number of carbonyl (C=O) groups is 1. The number of esters is 1. The molecule has 3 aromatic rings. The molecule has 0 bridgehead atoms. The van der Waals surface area contributed by atoms with E-state index in [2.05, 4.69) is 16.2 Å². The van der Waals surface area contributed by atoms with E-state index < -0.39 is 5.97 Å². The van der Waals surface area contributed by atoms with E-state index in [9.17, 15) is 10.1 Å². The van der Waals surface area contributed by atoms with Crippen LogP contribution in [-0.4, -0.2) is 28.8 Å². The topological polar surface area (TPSA) is 124 Å². The lowest BCUT2D eigenvalue weighted by atomic mass is 10.1. The summed E-state index contributed by atoms with van der Waals surface area (Å²) in [4.78, 5) is 15.6. The highest BCUT2D eigenvalue weighted by molar-refractivity contribution is 6.33. The first-order valence-corrected chi connectivity index (χ1v) is 9.48. The number of ether oxygens (including phenoxy) is 2. The smallest absolute Gasteiger partial charge is 0.320 e. The van der Waals surface area contributed by atoms with Crippen LogP contribution >= 0.6 is 24.0 Å². The first-order chi connectivity index (χ1) is 14.4. The van der Waals surface area contributed by atoms with Crippen molar-refractivity contribution in [3.05, 3.63) is 52.5 Å². The first-order valence-electron chi connectivity index (χ1n) is 9.10. The maximum Gasteiger partial charge on any atom is 0.320 e. The molecule has 0 aliphatic carbocycles. The van der Waals surface area contributed by atoms with Gasteiger partial charge in [-0.25, -0.2) is 0 Å². The van der Waals surface area contributed by atoms with Crippen molar-refractivity contribution in [2.24, 2.45) is 5.73 Å². The maximum absolute atomic E-state index is 11.2. The Bertz CT molecular complexity index is 1110. The third-order valence-electron chi connectivity index (χ3n) is 3.98. The summed E-state index contributed by atoms with van der Waals surface area (Å²) in [5, 5.41) is 13.7. The molecule has 31 heavy (non-hydrogen) atoms. The normalized spacial score (nSPS) is 10.3. The zero-order valence-corrected chi connectivity index (χ0v) is 18.4. The highest BCUT2D eigenvalue weighted by atomic mass is 35.5. The second-order valence-electron chi connectivity index (χ2n) is 6.59. The van der Waals surface area contributed by atoms with Gasteiger partial charge in [-0.15, -0.1) is 12.4 Å². The number of nitrogens with two attached hydrogens (primary N) is 1. The van der Waals surface area contributed by atoms with Crippen molar-refractivity contribution < 1.29 is 18.8 Å². The highest BCUT2D eigenvalue weighted by Gasteiger charge is 2.16. The van der Waals surface area contributed by atoms with Crippen molar-refractivity contribution in [2.75, 3.05) is 6.54 Å². The number of rotatable bonds is 7. The maximum atomic E-state index is 11.2. The molecule has 2 aromatic carbocycles. The molecular weight excluding hydrogens is 443 g/mol. The van der Waals surface area contributed by atoms with Gasteiger partial charge in [0.25, 0.3) is 5.89 Å². The fraction of sp³-hybridized carbons (Fsp3) is 0.238. The Balaban J connectivity index is 0.00000341. The number of halogens is 2. The van der Waals surface area contributed by atoms with Crippen molar-refractivity contribution in [3.8, 4) is 34.7 Å². The molecule has 10 heteroatoms. The van der Waals surface area contributed by atoms with Gasteiger partial charge < -0.3 is 19.7 Å². The molecule has 0 unspecified atom stereocenters. The molecule has 0 amide bonds. The Labute approximate surface area is 190 Å². The monoisotopic (exact) mass is 462 g/mol. The van der Waals surface area contributed by atoms with Gasteiger partial charge in [-0.2, -0.15) is 10.2 Å². The Morgan fingerprint density at radius 1 is 1.29 bits per heavy atom. The van der Waals surface area contributed by atoms with Crippen LogP contribution in [0.5, 0.6) is 5.75 Å². The molecule has 162 valence electrons. The summed E-state index contributed by atoms with van der Waals surface area (Å²) >= 11 is 6.34.